The van der Waals surface area contributed by atoms with Crippen molar-refractivity contribution >= 4 is 17.4 Å². The van der Waals surface area contributed by atoms with Gasteiger partial charge in [0, 0.05) is 22.7 Å². The van der Waals surface area contributed by atoms with Gasteiger partial charge in [-0.1, -0.05) is 23.7 Å². The van der Waals surface area contributed by atoms with Crippen LogP contribution in [0.1, 0.15) is 18.4 Å². The number of halogens is 2. The van der Waals surface area contributed by atoms with Crippen molar-refractivity contribution in [2.45, 2.75) is 19.3 Å². The zero-order valence-electron chi connectivity index (χ0n) is 13.1. The first-order valence-corrected chi connectivity index (χ1v) is 8.48. The Labute approximate surface area is 145 Å². The molecule has 0 unspecified atom stereocenters. The van der Waals surface area contributed by atoms with Crippen LogP contribution in [0.2, 0.25) is 5.02 Å². The van der Waals surface area contributed by atoms with Crippen molar-refractivity contribution in [2.75, 3.05) is 11.9 Å². The molecule has 0 aliphatic carbocycles. The summed E-state index contributed by atoms with van der Waals surface area (Å²) >= 11 is 6.00. The van der Waals surface area contributed by atoms with Crippen LogP contribution in [0.3, 0.4) is 0 Å². The van der Waals surface area contributed by atoms with Crippen LogP contribution in [0.15, 0.2) is 48.5 Å². The van der Waals surface area contributed by atoms with Gasteiger partial charge in [0.05, 0.1) is 11.4 Å². The zero-order chi connectivity index (χ0) is 16.5. The van der Waals surface area contributed by atoms with E-state index in [1.807, 2.05) is 35.0 Å². The summed E-state index contributed by atoms with van der Waals surface area (Å²) in [5.74, 6) is 0.748. The lowest BCUT2D eigenvalue weighted by molar-refractivity contribution is 0.628. The first-order valence-electron chi connectivity index (χ1n) is 8.10. The van der Waals surface area contributed by atoms with Crippen LogP contribution in [-0.4, -0.2) is 16.3 Å². The molecule has 0 bridgehead atoms. The molecule has 1 aromatic heterocycles. The van der Waals surface area contributed by atoms with E-state index in [0.29, 0.717) is 5.02 Å². The van der Waals surface area contributed by atoms with Gasteiger partial charge in [0.25, 0.3) is 0 Å². The summed E-state index contributed by atoms with van der Waals surface area (Å²) < 4.78 is 15.6. The highest BCUT2D eigenvalue weighted by Crippen LogP contribution is 2.34. The Hall–Kier alpha value is -2.33. The molecule has 0 radical (unpaired) electrons. The Bertz CT molecular complexity index is 871. The fourth-order valence-corrected chi connectivity index (χ4v) is 3.27. The maximum atomic E-state index is 13.7. The number of hydrogen-bond donors (Lipinski definition) is 1. The lowest BCUT2D eigenvalue weighted by Gasteiger charge is -2.09. The molecule has 0 amide bonds. The number of nitrogens with zero attached hydrogens (tertiary/aromatic N) is 2. The smallest absolute Gasteiger partial charge is 0.133 e. The summed E-state index contributed by atoms with van der Waals surface area (Å²) in [7, 11) is 0. The van der Waals surface area contributed by atoms with Crippen molar-refractivity contribution in [2.24, 2.45) is 0 Å². The van der Waals surface area contributed by atoms with Gasteiger partial charge < -0.3 is 5.32 Å². The van der Waals surface area contributed by atoms with E-state index in [2.05, 4.69) is 5.32 Å². The van der Waals surface area contributed by atoms with Gasteiger partial charge in [0.2, 0.25) is 0 Å². The fraction of sp³-hybridized carbons (Fsp3) is 0.211. The van der Waals surface area contributed by atoms with E-state index in [-0.39, 0.29) is 5.82 Å². The van der Waals surface area contributed by atoms with Crippen molar-refractivity contribution in [1.29, 1.82) is 0 Å². The number of fused-ring (bicyclic) bond motifs is 1. The van der Waals surface area contributed by atoms with E-state index in [1.54, 1.807) is 12.1 Å². The van der Waals surface area contributed by atoms with Crippen LogP contribution in [0.5, 0.6) is 0 Å². The van der Waals surface area contributed by atoms with Crippen LogP contribution in [0.25, 0.3) is 16.9 Å². The molecule has 0 saturated heterocycles. The van der Waals surface area contributed by atoms with E-state index in [4.69, 9.17) is 16.7 Å². The predicted molar refractivity (Wildman–Crippen MR) is 95.4 cm³/mol. The van der Waals surface area contributed by atoms with Gasteiger partial charge >= 0.3 is 0 Å². The van der Waals surface area contributed by atoms with Crippen LogP contribution < -0.4 is 5.32 Å². The molecule has 5 heteroatoms. The van der Waals surface area contributed by atoms with E-state index in [9.17, 15) is 4.39 Å². The highest BCUT2D eigenvalue weighted by Gasteiger charge is 2.21. The average Bonchev–Trinajstić information content (AvgIpc) is 2.77. The van der Waals surface area contributed by atoms with Gasteiger partial charge in [-0.2, -0.15) is 5.10 Å². The maximum Gasteiger partial charge on any atom is 0.133 e. The standard InChI is InChI=1S/C19H17ClFN3/c20-14-7-9-16(10-8-14)24-19-17(6-1-2-11-22-19)18(23-24)13-4-3-5-15(21)12-13/h3-5,7-10,12,22H,1-2,6,11H2. The predicted octanol–water partition coefficient (Wildman–Crippen LogP) is 5.08. The second kappa shape index (κ2) is 6.29. The minimum atomic E-state index is -0.246. The van der Waals surface area contributed by atoms with Gasteiger partial charge in [-0.3, -0.25) is 0 Å². The van der Waals surface area contributed by atoms with Gasteiger partial charge in [-0.15, -0.1) is 0 Å². The quantitative estimate of drug-likeness (QED) is 0.704. The summed E-state index contributed by atoms with van der Waals surface area (Å²) in [6, 6.07) is 14.2. The number of benzene rings is 2. The topological polar surface area (TPSA) is 29.9 Å². The molecule has 0 atom stereocenters. The molecule has 0 fully saturated rings. The summed E-state index contributed by atoms with van der Waals surface area (Å²) in [5.41, 5.74) is 3.73. The minimum absolute atomic E-state index is 0.246. The highest BCUT2D eigenvalue weighted by atomic mass is 35.5. The van der Waals surface area contributed by atoms with Crippen LogP contribution in [0.4, 0.5) is 10.2 Å². The minimum Gasteiger partial charge on any atom is -0.370 e. The Morgan fingerprint density at radius 3 is 2.71 bits per heavy atom. The summed E-state index contributed by atoms with van der Waals surface area (Å²) in [4.78, 5) is 0. The lowest BCUT2D eigenvalue weighted by atomic mass is 10.0. The van der Waals surface area contributed by atoms with Crippen molar-refractivity contribution in [1.82, 2.24) is 9.78 Å². The number of aromatic nitrogens is 2. The number of anilines is 1. The van der Waals surface area contributed by atoms with E-state index in [0.717, 1.165) is 54.1 Å². The SMILES string of the molecule is Fc1cccc(-c2nn(-c3ccc(Cl)cc3)c3c2CCCCN3)c1. The first kappa shape index (κ1) is 15.2. The molecule has 0 spiro atoms. The van der Waals surface area contributed by atoms with Gasteiger partial charge in [-0.05, 0) is 55.7 Å². The van der Waals surface area contributed by atoms with Gasteiger partial charge in [-0.25, -0.2) is 9.07 Å². The maximum absolute atomic E-state index is 13.7. The number of rotatable bonds is 2. The molecule has 1 aliphatic heterocycles. The third-order valence-corrected chi connectivity index (χ3v) is 4.55. The normalized spacial score (nSPS) is 13.9. The molecular weight excluding hydrogens is 325 g/mol. The average molecular weight is 342 g/mol. The second-order valence-electron chi connectivity index (χ2n) is 5.96. The molecule has 0 saturated carbocycles. The van der Waals surface area contributed by atoms with E-state index >= 15 is 0 Å². The van der Waals surface area contributed by atoms with Crippen molar-refractivity contribution < 1.29 is 4.39 Å². The van der Waals surface area contributed by atoms with Crippen LogP contribution in [-0.2, 0) is 6.42 Å². The monoisotopic (exact) mass is 341 g/mol. The number of nitrogens with one attached hydrogen (secondary N) is 1. The largest absolute Gasteiger partial charge is 0.370 e. The Morgan fingerprint density at radius 1 is 1.08 bits per heavy atom. The zero-order valence-corrected chi connectivity index (χ0v) is 13.9. The highest BCUT2D eigenvalue weighted by molar-refractivity contribution is 6.30. The lowest BCUT2D eigenvalue weighted by Crippen LogP contribution is -2.07. The number of hydrogen-bond acceptors (Lipinski definition) is 2. The third-order valence-electron chi connectivity index (χ3n) is 4.30. The molecule has 1 aliphatic rings. The Morgan fingerprint density at radius 2 is 1.92 bits per heavy atom. The van der Waals surface area contributed by atoms with E-state index < -0.39 is 0 Å². The van der Waals surface area contributed by atoms with Gasteiger partial charge in [0.15, 0.2) is 0 Å². The molecule has 24 heavy (non-hydrogen) atoms. The molecule has 3 nitrogen and oxygen atoms in total. The van der Waals surface area contributed by atoms with Crippen molar-refractivity contribution in [3.63, 3.8) is 0 Å². The summed E-state index contributed by atoms with van der Waals surface area (Å²) in [6.07, 6.45) is 3.13. The Balaban J connectivity index is 1.90. The molecule has 2 aromatic carbocycles. The molecule has 4 rings (SSSR count). The third kappa shape index (κ3) is 2.78. The molecule has 1 N–H and O–H groups in total. The molecular formula is C19H17ClFN3. The summed E-state index contributed by atoms with van der Waals surface area (Å²) in [6.45, 7) is 0.912. The van der Waals surface area contributed by atoms with Crippen molar-refractivity contribution in [3.8, 4) is 16.9 Å². The van der Waals surface area contributed by atoms with Crippen molar-refractivity contribution in [3.05, 3.63) is 64.9 Å². The molecule has 122 valence electrons. The van der Waals surface area contributed by atoms with Gasteiger partial charge in [0.1, 0.15) is 11.6 Å². The first-order chi connectivity index (χ1) is 11.7. The second-order valence-corrected chi connectivity index (χ2v) is 6.39. The van der Waals surface area contributed by atoms with E-state index in [1.165, 1.54) is 6.07 Å². The van der Waals surface area contributed by atoms with Crippen LogP contribution >= 0.6 is 11.6 Å². The van der Waals surface area contributed by atoms with Crippen LogP contribution in [0, 0.1) is 5.82 Å². The summed E-state index contributed by atoms with van der Waals surface area (Å²) in [5, 5.41) is 8.96. The Kier molecular flexibility index (Phi) is 3.98. The fourth-order valence-electron chi connectivity index (χ4n) is 3.14. The molecule has 2 heterocycles. The molecule has 3 aromatic rings.